The first kappa shape index (κ1) is 8.33. The summed E-state index contributed by atoms with van der Waals surface area (Å²) in [5.74, 6) is 0.804. The maximum absolute atomic E-state index is 11.1. The summed E-state index contributed by atoms with van der Waals surface area (Å²) in [7, 11) is 3.75. The topological polar surface area (TPSA) is 36.1 Å². The molecule has 0 spiro atoms. The van der Waals surface area contributed by atoms with Crippen molar-refractivity contribution in [2.45, 2.75) is 0 Å². The highest BCUT2D eigenvalue weighted by Gasteiger charge is 1.98. The average molecular weight is 217 g/mol. The molecule has 1 rings (SSSR count). The fraction of sp³-hybridized carbons (Fsp3) is 0.286. The molecule has 0 bridgehead atoms. The van der Waals surface area contributed by atoms with E-state index in [1.165, 1.54) is 0 Å². The molecule has 0 aromatic carbocycles. The van der Waals surface area contributed by atoms with Crippen molar-refractivity contribution in [3.63, 3.8) is 0 Å². The summed E-state index contributed by atoms with van der Waals surface area (Å²) in [5, 5.41) is 0. The van der Waals surface area contributed by atoms with Crippen LogP contribution in [0.2, 0.25) is 0 Å². The van der Waals surface area contributed by atoms with Crippen LogP contribution in [0.25, 0.3) is 0 Å². The second-order valence-corrected chi connectivity index (χ2v) is 3.28. The summed E-state index contributed by atoms with van der Waals surface area (Å²) >= 11 is 3.12. The molecule has 1 N–H and O–H groups in total. The number of pyridine rings is 1. The summed E-state index contributed by atoms with van der Waals surface area (Å²) in [6.07, 6.45) is 1.64. The van der Waals surface area contributed by atoms with Crippen molar-refractivity contribution in [3.05, 3.63) is 27.0 Å². The van der Waals surface area contributed by atoms with Gasteiger partial charge in [0.25, 0.3) is 0 Å². The number of rotatable bonds is 1. The van der Waals surface area contributed by atoms with E-state index in [0.29, 0.717) is 4.47 Å². The number of nitrogens with one attached hydrogen (secondary N) is 1. The van der Waals surface area contributed by atoms with Gasteiger partial charge in [-0.2, -0.15) is 0 Å². The molecule has 0 amide bonds. The first-order chi connectivity index (χ1) is 5.11. The highest BCUT2D eigenvalue weighted by Crippen LogP contribution is 2.06. The standard InChI is InChI=1S/C7H9BrN2O/c1-10(2)7-3-6(11)5(8)4-9-7/h3-4H,1-2H3,(H,9,11). The Kier molecular flexibility index (Phi) is 2.34. The monoisotopic (exact) mass is 216 g/mol. The van der Waals surface area contributed by atoms with Gasteiger partial charge in [0.15, 0.2) is 5.43 Å². The van der Waals surface area contributed by atoms with Crippen molar-refractivity contribution < 1.29 is 0 Å². The molecule has 1 aromatic rings. The Bertz CT molecular complexity index is 306. The van der Waals surface area contributed by atoms with Gasteiger partial charge < -0.3 is 9.88 Å². The van der Waals surface area contributed by atoms with E-state index in [4.69, 9.17) is 0 Å². The van der Waals surface area contributed by atoms with Crippen LogP contribution in [-0.2, 0) is 0 Å². The zero-order chi connectivity index (χ0) is 8.43. The third-order valence-corrected chi connectivity index (χ3v) is 1.95. The Hall–Kier alpha value is -0.770. The molecule has 4 heteroatoms. The number of nitrogens with zero attached hydrogens (tertiary/aromatic N) is 1. The van der Waals surface area contributed by atoms with Crippen LogP contribution in [0.1, 0.15) is 0 Å². The summed E-state index contributed by atoms with van der Waals surface area (Å²) in [6.45, 7) is 0. The minimum Gasteiger partial charge on any atom is -0.364 e. The number of H-pyrrole nitrogens is 1. The Morgan fingerprint density at radius 2 is 2.18 bits per heavy atom. The molecule has 0 aliphatic rings. The zero-order valence-corrected chi connectivity index (χ0v) is 7.97. The predicted octanol–water partition coefficient (Wildman–Crippen LogP) is 1.20. The molecule has 0 saturated heterocycles. The van der Waals surface area contributed by atoms with E-state index in [0.717, 1.165) is 5.82 Å². The van der Waals surface area contributed by atoms with Gasteiger partial charge in [0.05, 0.1) is 4.47 Å². The van der Waals surface area contributed by atoms with Crippen molar-refractivity contribution in [1.29, 1.82) is 0 Å². The third-order valence-electron chi connectivity index (χ3n) is 1.33. The second kappa shape index (κ2) is 3.09. The van der Waals surface area contributed by atoms with Gasteiger partial charge in [-0.1, -0.05) is 0 Å². The lowest BCUT2D eigenvalue weighted by atomic mass is 10.4. The van der Waals surface area contributed by atoms with Gasteiger partial charge in [-0.05, 0) is 15.9 Å². The molecular weight excluding hydrogens is 208 g/mol. The highest BCUT2D eigenvalue weighted by molar-refractivity contribution is 9.10. The van der Waals surface area contributed by atoms with Crippen molar-refractivity contribution in [2.75, 3.05) is 19.0 Å². The lowest BCUT2D eigenvalue weighted by molar-refractivity contribution is 1.06. The van der Waals surface area contributed by atoms with Gasteiger partial charge in [-0.3, -0.25) is 4.79 Å². The number of hydrogen-bond donors (Lipinski definition) is 1. The van der Waals surface area contributed by atoms with Crippen molar-refractivity contribution in [3.8, 4) is 0 Å². The normalized spacial score (nSPS) is 9.73. The van der Waals surface area contributed by atoms with E-state index in [2.05, 4.69) is 20.9 Å². The molecule has 1 heterocycles. The van der Waals surface area contributed by atoms with Crippen LogP contribution in [-0.4, -0.2) is 19.1 Å². The lowest BCUT2D eigenvalue weighted by Crippen LogP contribution is -2.14. The summed E-state index contributed by atoms with van der Waals surface area (Å²) in [4.78, 5) is 15.8. The van der Waals surface area contributed by atoms with Crippen molar-refractivity contribution in [1.82, 2.24) is 4.98 Å². The maximum atomic E-state index is 11.1. The van der Waals surface area contributed by atoms with Crippen molar-refractivity contribution in [2.24, 2.45) is 0 Å². The Morgan fingerprint density at radius 3 is 2.64 bits per heavy atom. The molecule has 0 saturated carbocycles. The Labute approximate surface area is 73.2 Å². The van der Waals surface area contributed by atoms with E-state index in [9.17, 15) is 4.79 Å². The van der Waals surface area contributed by atoms with Crippen molar-refractivity contribution >= 4 is 21.7 Å². The van der Waals surface area contributed by atoms with Gasteiger partial charge in [0, 0.05) is 26.4 Å². The fourth-order valence-electron chi connectivity index (χ4n) is 0.701. The number of aromatic amines is 1. The molecule has 0 aliphatic heterocycles. The summed E-state index contributed by atoms with van der Waals surface area (Å²) < 4.78 is 0.558. The van der Waals surface area contributed by atoms with E-state index < -0.39 is 0 Å². The molecule has 0 atom stereocenters. The van der Waals surface area contributed by atoms with Crippen LogP contribution in [0.3, 0.4) is 0 Å². The molecule has 1 aromatic heterocycles. The van der Waals surface area contributed by atoms with Crippen LogP contribution in [0.5, 0.6) is 0 Å². The van der Waals surface area contributed by atoms with Gasteiger partial charge in [-0.15, -0.1) is 0 Å². The summed E-state index contributed by atoms with van der Waals surface area (Å²) in [6, 6.07) is 1.55. The molecule has 0 fully saturated rings. The minimum absolute atomic E-state index is 0.00699. The van der Waals surface area contributed by atoms with E-state index in [1.54, 1.807) is 12.3 Å². The molecular formula is C7H9BrN2O. The fourth-order valence-corrected chi connectivity index (χ4v) is 0.930. The van der Waals surface area contributed by atoms with Crippen LogP contribution in [0, 0.1) is 0 Å². The molecule has 0 radical (unpaired) electrons. The molecule has 60 valence electrons. The van der Waals surface area contributed by atoms with Gasteiger partial charge in [-0.25, -0.2) is 0 Å². The Balaban J connectivity index is 3.16. The molecule has 0 aliphatic carbocycles. The van der Waals surface area contributed by atoms with E-state index in [-0.39, 0.29) is 5.43 Å². The predicted molar refractivity (Wildman–Crippen MR) is 49.1 cm³/mol. The lowest BCUT2D eigenvalue weighted by Gasteiger charge is -2.10. The quantitative estimate of drug-likeness (QED) is 0.767. The van der Waals surface area contributed by atoms with Crippen LogP contribution in [0.15, 0.2) is 21.5 Å². The van der Waals surface area contributed by atoms with E-state index >= 15 is 0 Å². The van der Waals surface area contributed by atoms with Crippen LogP contribution >= 0.6 is 15.9 Å². The van der Waals surface area contributed by atoms with Gasteiger partial charge in [0.1, 0.15) is 5.82 Å². The highest BCUT2D eigenvalue weighted by atomic mass is 79.9. The number of anilines is 1. The third kappa shape index (κ3) is 1.83. The average Bonchev–Trinajstić information content (AvgIpc) is 1.94. The molecule has 3 nitrogen and oxygen atoms in total. The van der Waals surface area contributed by atoms with Gasteiger partial charge in [0.2, 0.25) is 0 Å². The number of halogens is 1. The van der Waals surface area contributed by atoms with Gasteiger partial charge >= 0.3 is 0 Å². The largest absolute Gasteiger partial charge is 0.364 e. The number of hydrogen-bond acceptors (Lipinski definition) is 2. The second-order valence-electron chi connectivity index (χ2n) is 2.42. The summed E-state index contributed by atoms with van der Waals surface area (Å²) in [5.41, 5.74) is -0.00699. The van der Waals surface area contributed by atoms with E-state index in [1.807, 2.05) is 19.0 Å². The number of aromatic nitrogens is 1. The first-order valence-electron chi connectivity index (χ1n) is 3.17. The molecule has 0 unspecified atom stereocenters. The minimum atomic E-state index is -0.00699. The molecule has 11 heavy (non-hydrogen) atoms. The van der Waals surface area contributed by atoms with Crippen LogP contribution < -0.4 is 10.3 Å². The first-order valence-corrected chi connectivity index (χ1v) is 3.96. The SMILES string of the molecule is CN(C)c1cc(=O)c(Br)c[nH]1. The Morgan fingerprint density at radius 1 is 1.55 bits per heavy atom. The maximum Gasteiger partial charge on any atom is 0.197 e. The smallest absolute Gasteiger partial charge is 0.197 e. The zero-order valence-electron chi connectivity index (χ0n) is 6.39. The van der Waals surface area contributed by atoms with Crippen LogP contribution in [0.4, 0.5) is 5.82 Å².